The quantitative estimate of drug-likeness (QED) is 0.285. The fraction of sp³-hybridized carbons (Fsp3) is 0.400. The predicted octanol–water partition coefficient (Wildman–Crippen LogP) is 5.25. The van der Waals surface area contributed by atoms with Crippen molar-refractivity contribution in [2.45, 2.75) is 77.7 Å². The Bertz CT molecular complexity index is 1530. The Balaban J connectivity index is 1.26. The van der Waals surface area contributed by atoms with Crippen LogP contribution < -0.4 is 16.1 Å². The van der Waals surface area contributed by atoms with Crippen LogP contribution in [-0.4, -0.2) is 64.9 Å². The molecule has 5 rings (SSSR count). The average molecular weight is 612 g/mol. The molecule has 10 heteroatoms. The summed E-state index contributed by atoms with van der Waals surface area (Å²) in [5, 5.41) is 15.9. The van der Waals surface area contributed by atoms with E-state index in [4.69, 9.17) is 9.31 Å². The molecule has 0 aromatic heterocycles. The van der Waals surface area contributed by atoms with Gasteiger partial charge in [0.2, 0.25) is 11.8 Å². The number of nitrogens with zero attached hydrogens (tertiary/aromatic N) is 1. The molecule has 2 atom stereocenters. The van der Waals surface area contributed by atoms with Crippen LogP contribution in [0.3, 0.4) is 0 Å². The summed E-state index contributed by atoms with van der Waals surface area (Å²) in [6, 6.07) is 21.2. The fourth-order valence-electron chi connectivity index (χ4n) is 6.09. The van der Waals surface area contributed by atoms with Crippen molar-refractivity contribution in [3.8, 4) is 11.1 Å². The Kier molecular flexibility index (Phi) is 8.84. The second-order valence-electron chi connectivity index (χ2n) is 13.3. The van der Waals surface area contributed by atoms with Crippen molar-refractivity contribution in [1.82, 2.24) is 10.2 Å². The minimum Gasteiger partial charge on any atom is -0.465 e. The zero-order chi connectivity index (χ0) is 32.7. The maximum absolute atomic E-state index is 13.6. The van der Waals surface area contributed by atoms with Crippen molar-refractivity contribution in [2.75, 3.05) is 11.9 Å². The molecule has 1 saturated heterocycles. The zero-order valence-corrected chi connectivity index (χ0v) is 27.0. The molecule has 236 valence electrons. The van der Waals surface area contributed by atoms with E-state index in [0.717, 1.165) is 27.7 Å². The monoisotopic (exact) mass is 611 g/mol. The summed E-state index contributed by atoms with van der Waals surface area (Å²) in [7, 11) is -0.519. The molecular formula is C35H42BN3O6. The number of carbonyl (C=O) groups excluding carboxylic acids is 2. The smallest absolute Gasteiger partial charge is 0.465 e. The van der Waals surface area contributed by atoms with Gasteiger partial charge in [0, 0.05) is 18.2 Å². The fourth-order valence-corrected chi connectivity index (χ4v) is 6.09. The lowest BCUT2D eigenvalue weighted by atomic mass is 9.79. The van der Waals surface area contributed by atoms with E-state index in [1.54, 1.807) is 19.1 Å². The highest BCUT2D eigenvalue weighted by atomic mass is 16.7. The van der Waals surface area contributed by atoms with Gasteiger partial charge in [-0.3, -0.25) is 14.5 Å². The molecule has 1 aliphatic carbocycles. The number of anilines is 1. The van der Waals surface area contributed by atoms with Crippen LogP contribution in [0.2, 0.25) is 0 Å². The number of hydrogen-bond acceptors (Lipinski definition) is 5. The lowest BCUT2D eigenvalue weighted by Crippen LogP contribution is -2.56. The Morgan fingerprint density at radius 1 is 0.822 bits per heavy atom. The van der Waals surface area contributed by atoms with Gasteiger partial charge in [-0.05, 0) is 80.4 Å². The van der Waals surface area contributed by atoms with E-state index >= 15 is 0 Å². The van der Waals surface area contributed by atoms with Gasteiger partial charge in [-0.25, -0.2) is 4.79 Å². The van der Waals surface area contributed by atoms with E-state index in [2.05, 4.69) is 10.6 Å². The van der Waals surface area contributed by atoms with Crippen LogP contribution in [-0.2, 0) is 18.9 Å². The first-order chi connectivity index (χ1) is 21.2. The van der Waals surface area contributed by atoms with Crippen LogP contribution in [0.4, 0.5) is 10.5 Å². The van der Waals surface area contributed by atoms with Gasteiger partial charge in [-0.15, -0.1) is 0 Å². The normalized spacial score (nSPS) is 17.7. The van der Waals surface area contributed by atoms with Crippen molar-refractivity contribution in [3.05, 3.63) is 83.9 Å². The summed E-state index contributed by atoms with van der Waals surface area (Å²) in [5.74, 6) is -1.50. The lowest BCUT2D eigenvalue weighted by molar-refractivity contribution is -0.130. The summed E-state index contributed by atoms with van der Waals surface area (Å²) in [5.41, 5.74) is 4.66. The minimum atomic E-state index is -1.19. The van der Waals surface area contributed by atoms with Crippen molar-refractivity contribution in [2.24, 2.45) is 5.92 Å². The molecule has 0 saturated carbocycles. The molecule has 9 nitrogen and oxygen atoms in total. The number of amides is 3. The van der Waals surface area contributed by atoms with E-state index in [9.17, 15) is 19.5 Å². The Labute approximate surface area is 265 Å². The van der Waals surface area contributed by atoms with E-state index in [1.807, 2.05) is 102 Å². The molecule has 0 bridgehead atoms. The molecule has 3 N–H and O–H groups in total. The number of carbonyl (C=O) groups is 3. The number of fused-ring (bicyclic) bond motifs is 3. The van der Waals surface area contributed by atoms with Gasteiger partial charge >= 0.3 is 13.2 Å². The Morgan fingerprint density at radius 3 is 1.82 bits per heavy atom. The first kappa shape index (κ1) is 32.3. The second kappa shape index (κ2) is 12.3. The number of nitrogens with one attached hydrogen (secondary N) is 2. The molecule has 2 unspecified atom stereocenters. The van der Waals surface area contributed by atoms with Gasteiger partial charge in [0.05, 0.1) is 11.2 Å². The highest BCUT2D eigenvalue weighted by Gasteiger charge is 2.51. The van der Waals surface area contributed by atoms with Gasteiger partial charge in [0.25, 0.3) is 0 Å². The number of rotatable bonds is 9. The molecule has 45 heavy (non-hydrogen) atoms. The maximum atomic E-state index is 13.6. The Hall–Kier alpha value is -4.15. The Morgan fingerprint density at radius 2 is 1.33 bits per heavy atom. The molecule has 3 aromatic carbocycles. The van der Waals surface area contributed by atoms with E-state index in [-0.39, 0.29) is 18.4 Å². The number of benzene rings is 3. The molecule has 1 aliphatic heterocycles. The van der Waals surface area contributed by atoms with Gasteiger partial charge in [0.15, 0.2) is 0 Å². The number of hydrogen-bond donors (Lipinski definition) is 3. The molecular weight excluding hydrogens is 569 g/mol. The SMILES string of the molecule is CC(NC(=O)C(C(C)C)N(CC1c2ccccc2-c2ccccc21)C(=O)O)C(=O)Nc1ccc(B2OC(C)(C)C(C)(C)O2)cc1. The molecule has 3 amide bonds. The molecule has 2 aliphatic rings. The van der Waals surface area contributed by atoms with Gasteiger partial charge in [0.1, 0.15) is 12.1 Å². The zero-order valence-electron chi connectivity index (χ0n) is 27.0. The predicted molar refractivity (Wildman–Crippen MR) is 175 cm³/mol. The molecule has 1 heterocycles. The third-order valence-electron chi connectivity index (χ3n) is 9.28. The van der Waals surface area contributed by atoms with Crippen molar-refractivity contribution in [3.63, 3.8) is 0 Å². The summed E-state index contributed by atoms with van der Waals surface area (Å²) in [6.45, 7) is 13.3. The van der Waals surface area contributed by atoms with E-state index in [0.29, 0.717) is 5.69 Å². The molecule has 0 radical (unpaired) electrons. The van der Waals surface area contributed by atoms with Gasteiger partial charge in [-0.2, -0.15) is 0 Å². The summed E-state index contributed by atoms with van der Waals surface area (Å²) >= 11 is 0. The second-order valence-corrected chi connectivity index (χ2v) is 13.3. The summed E-state index contributed by atoms with van der Waals surface area (Å²) in [6.07, 6.45) is -1.19. The van der Waals surface area contributed by atoms with E-state index in [1.165, 1.54) is 4.90 Å². The van der Waals surface area contributed by atoms with Crippen molar-refractivity contribution >= 4 is 36.2 Å². The van der Waals surface area contributed by atoms with Crippen LogP contribution in [0.15, 0.2) is 72.8 Å². The van der Waals surface area contributed by atoms with E-state index < -0.39 is 48.3 Å². The maximum Gasteiger partial charge on any atom is 0.494 e. The van der Waals surface area contributed by atoms with Crippen molar-refractivity contribution in [1.29, 1.82) is 0 Å². The topological polar surface area (TPSA) is 117 Å². The van der Waals surface area contributed by atoms with Crippen LogP contribution in [0.5, 0.6) is 0 Å². The molecule has 0 spiro atoms. The average Bonchev–Trinajstić information content (AvgIpc) is 3.41. The van der Waals surface area contributed by atoms with Crippen LogP contribution in [0.1, 0.15) is 65.5 Å². The number of carboxylic acid groups (broad SMARTS) is 1. The first-order valence-corrected chi connectivity index (χ1v) is 15.4. The lowest BCUT2D eigenvalue weighted by Gasteiger charge is -2.34. The minimum absolute atomic E-state index is 0.106. The van der Waals surface area contributed by atoms with Gasteiger partial charge < -0.3 is 25.0 Å². The highest BCUT2D eigenvalue weighted by Crippen LogP contribution is 2.45. The third-order valence-corrected chi connectivity index (χ3v) is 9.28. The standard InChI is InChI=1S/C35H42BN3O6/c1-21(2)30(39(33(42)43)20-29-27-14-10-8-12-25(27)26-13-9-11-15-28(26)29)32(41)37-22(3)31(40)38-24-18-16-23(17-19-24)36-44-34(4,5)35(6,7)45-36/h8-19,21-22,29-30H,20H2,1-7H3,(H,37,41)(H,38,40)(H,42,43). The third kappa shape index (κ3) is 6.35. The highest BCUT2D eigenvalue weighted by molar-refractivity contribution is 6.62. The van der Waals surface area contributed by atoms with Gasteiger partial charge in [-0.1, -0.05) is 74.5 Å². The molecule has 3 aromatic rings. The summed E-state index contributed by atoms with van der Waals surface area (Å²) in [4.78, 5) is 40.6. The van der Waals surface area contributed by atoms with Crippen molar-refractivity contribution < 1.29 is 28.8 Å². The summed E-state index contributed by atoms with van der Waals surface area (Å²) < 4.78 is 12.2. The van der Waals surface area contributed by atoms with Crippen LogP contribution in [0.25, 0.3) is 11.1 Å². The largest absolute Gasteiger partial charge is 0.494 e. The first-order valence-electron chi connectivity index (χ1n) is 15.4. The van der Waals surface area contributed by atoms with Crippen LogP contribution >= 0.6 is 0 Å². The molecule has 1 fully saturated rings. The van der Waals surface area contributed by atoms with Crippen LogP contribution in [0, 0.1) is 5.92 Å².